The summed E-state index contributed by atoms with van der Waals surface area (Å²) in [6.45, 7) is 4.47. The van der Waals surface area contributed by atoms with Crippen molar-refractivity contribution in [2.75, 3.05) is 0 Å². The van der Waals surface area contributed by atoms with E-state index in [4.69, 9.17) is 5.84 Å². The number of hydrogen-bond acceptors (Lipinski definition) is 3. The van der Waals surface area contributed by atoms with Gasteiger partial charge < -0.3 is 0 Å². The third-order valence-electron chi connectivity index (χ3n) is 2.86. The summed E-state index contributed by atoms with van der Waals surface area (Å²) >= 11 is 0. The van der Waals surface area contributed by atoms with Crippen LogP contribution < -0.4 is 11.3 Å². The molecule has 1 heterocycles. The maximum atomic E-state index is 5.55. The minimum absolute atomic E-state index is 0.351. The van der Waals surface area contributed by atoms with Crippen molar-refractivity contribution < 1.29 is 0 Å². The Bertz CT molecular complexity index is 282. The molecule has 15 heavy (non-hydrogen) atoms. The van der Waals surface area contributed by atoms with Crippen molar-refractivity contribution in [2.24, 2.45) is 18.8 Å². The molecule has 86 valence electrons. The first-order chi connectivity index (χ1) is 7.15. The zero-order valence-electron chi connectivity index (χ0n) is 9.90. The summed E-state index contributed by atoms with van der Waals surface area (Å²) in [4.78, 5) is 0. The number of aromatic nitrogens is 2. The molecule has 3 N–H and O–H groups in total. The molecule has 0 radical (unpaired) electrons. The zero-order chi connectivity index (χ0) is 11.3. The first kappa shape index (κ1) is 12.2. The Balaban J connectivity index is 2.46. The molecule has 0 saturated carbocycles. The lowest BCUT2D eigenvalue weighted by Crippen LogP contribution is -2.37. The summed E-state index contributed by atoms with van der Waals surface area (Å²) in [5.41, 5.74) is 4.13. The Morgan fingerprint density at radius 3 is 2.80 bits per heavy atom. The molecule has 0 aliphatic rings. The maximum Gasteiger partial charge on any atom is 0.0522 e. The van der Waals surface area contributed by atoms with Crippen LogP contribution in [0.2, 0.25) is 0 Å². The molecule has 0 aliphatic carbocycles. The Morgan fingerprint density at radius 1 is 1.60 bits per heavy atom. The number of nitrogens with zero attached hydrogens (tertiary/aromatic N) is 2. The average Bonchev–Trinajstić information content (AvgIpc) is 2.62. The van der Waals surface area contributed by atoms with Crippen molar-refractivity contribution in [1.82, 2.24) is 15.2 Å². The van der Waals surface area contributed by atoms with Crippen LogP contribution in [0.1, 0.15) is 32.3 Å². The second-order valence-electron chi connectivity index (χ2n) is 4.34. The van der Waals surface area contributed by atoms with Crippen LogP contribution in [-0.2, 0) is 13.5 Å². The second-order valence-corrected chi connectivity index (χ2v) is 4.34. The number of nitrogens with two attached hydrogens (primary N) is 1. The first-order valence-electron chi connectivity index (χ1n) is 5.59. The third kappa shape index (κ3) is 4.01. The van der Waals surface area contributed by atoms with Gasteiger partial charge in [0.1, 0.15) is 0 Å². The van der Waals surface area contributed by atoms with E-state index in [0.717, 1.165) is 12.8 Å². The molecular formula is C11H22N4. The van der Waals surface area contributed by atoms with E-state index in [1.54, 1.807) is 0 Å². The van der Waals surface area contributed by atoms with E-state index >= 15 is 0 Å². The number of hydrazine groups is 1. The highest BCUT2D eigenvalue weighted by atomic mass is 15.2. The molecule has 2 unspecified atom stereocenters. The molecule has 0 bridgehead atoms. The van der Waals surface area contributed by atoms with E-state index in [9.17, 15) is 0 Å². The highest BCUT2D eigenvalue weighted by molar-refractivity contribution is 5.05. The van der Waals surface area contributed by atoms with Crippen LogP contribution in [0.3, 0.4) is 0 Å². The normalized spacial score (nSPS) is 15.2. The van der Waals surface area contributed by atoms with Crippen molar-refractivity contribution in [2.45, 2.75) is 39.2 Å². The van der Waals surface area contributed by atoms with Gasteiger partial charge in [-0.1, -0.05) is 20.3 Å². The fourth-order valence-electron chi connectivity index (χ4n) is 1.72. The highest BCUT2D eigenvalue weighted by Crippen LogP contribution is 2.12. The summed E-state index contributed by atoms with van der Waals surface area (Å²) in [6, 6.07) is 0.351. The van der Waals surface area contributed by atoms with Crippen molar-refractivity contribution >= 4 is 0 Å². The van der Waals surface area contributed by atoms with Crippen LogP contribution in [0.4, 0.5) is 0 Å². The molecule has 0 spiro atoms. The summed E-state index contributed by atoms with van der Waals surface area (Å²) in [5, 5.41) is 4.15. The van der Waals surface area contributed by atoms with E-state index in [0.29, 0.717) is 12.0 Å². The van der Waals surface area contributed by atoms with Gasteiger partial charge in [-0.3, -0.25) is 16.0 Å². The monoisotopic (exact) mass is 210 g/mol. The van der Waals surface area contributed by atoms with Gasteiger partial charge in [-0.25, -0.2) is 0 Å². The molecule has 0 saturated heterocycles. The smallest absolute Gasteiger partial charge is 0.0522 e. The molecule has 0 amide bonds. The highest BCUT2D eigenvalue weighted by Gasteiger charge is 2.12. The molecule has 1 rings (SSSR count). The van der Waals surface area contributed by atoms with Gasteiger partial charge >= 0.3 is 0 Å². The van der Waals surface area contributed by atoms with Crippen LogP contribution >= 0.6 is 0 Å². The minimum atomic E-state index is 0.351. The maximum absolute atomic E-state index is 5.55. The molecule has 2 atom stereocenters. The lowest BCUT2D eigenvalue weighted by Gasteiger charge is -2.18. The minimum Gasteiger partial charge on any atom is -0.276 e. The number of aryl methyl sites for hydroxylation is 1. The molecular weight excluding hydrogens is 188 g/mol. The number of rotatable bonds is 6. The van der Waals surface area contributed by atoms with Gasteiger partial charge in [0.15, 0.2) is 0 Å². The van der Waals surface area contributed by atoms with Gasteiger partial charge in [-0.15, -0.1) is 0 Å². The van der Waals surface area contributed by atoms with E-state index in [1.807, 2.05) is 24.1 Å². The van der Waals surface area contributed by atoms with Gasteiger partial charge in [0, 0.05) is 19.3 Å². The third-order valence-corrected chi connectivity index (χ3v) is 2.86. The molecule has 1 aromatic rings. The average molecular weight is 210 g/mol. The number of nitrogens with one attached hydrogen (secondary N) is 1. The molecule has 0 fully saturated rings. The summed E-state index contributed by atoms with van der Waals surface area (Å²) < 4.78 is 1.83. The SMILES string of the molecule is CCC(C)CC(Cc1cnn(C)c1)NN. The predicted octanol–water partition coefficient (Wildman–Crippen LogP) is 1.23. The van der Waals surface area contributed by atoms with E-state index < -0.39 is 0 Å². The van der Waals surface area contributed by atoms with Gasteiger partial charge in [0.25, 0.3) is 0 Å². The molecule has 4 nitrogen and oxygen atoms in total. The van der Waals surface area contributed by atoms with Crippen molar-refractivity contribution in [3.8, 4) is 0 Å². The molecule has 0 aromatic carbocycles. The van der Waals surface area contributed by atoms with Gasteiger partial charge in [-0.2, -0.15) is 5.10 Å². The summed E-state index contributed by atoms with van der Waals surface area (Å²) in [7, 11) is 1.93. The quantitative estimate of drug-likeness (QED) is 0.548. The van der Waals surface area contributed by atoms with E-state index in [2.05, 4.69) is 24.4 Å². The fraction of sp³-hybridized carbons (Fsp3) is 0.727. The van der Waals surface area contributed by atoms with Crippen LogP contribution in [0.5, 0.6) is 0 Å². The van der Waals surface area contributed by atoms with E-state index in [-0.39, 0.29) is 0 Å². The van der Waals surface area contributed by atoms with Gasteiger partial charge in [-0.05, 0) is 24.3 Å². The van der Waals surface area contributed by atoms with Crippen molar-refractivity contribution in [1.29, 1.82) is 0 Å². The lowest BCUT2D eigenvalue weighted by molar-refractivity contribution is 0.396. The largest absolute Gasteiger partial charge is 0.276 e. The van der Waals surface area contributed by atoms with E-state index in [1.165, 1.54) is 12.0 Å². The van der Waals surface area contributed by atoms with Crippen LogP contribution in [0.15, 0.2) is 12.4 Å². The predicted molar refractivity (Wildman–Crippen MR) is 62.1 cm³/mol. The fourth-order valence-corrected chi connectivity index (χ4v) is 1.72. The van der Waals surface area contributed by atoms with Crippen molar-refractivity contribution in [3.05, 3.63) is 18.0 Å². The van der Waals surface area contributed by atoms with Crippen molar-refractivity contribution in [3.63, 3.8) is 0 Å². The van der Waals surface area contributed by atoms with Crippen LogP contribution in [-0.4, -0.2) is 15.8 Å². The summed E-state index contributed by atoms with van der Waals surface area (Å²) in [6.07, 6.45) is 7.21. The molecule has 1 aromatic heterocycles. The molecule has 4 heteroatoms. The standard InChI is InChI=1S/C11H22N4/c1-4-9(2)5-11(14-12)6-10-7-13-15(3)8-10/h7-9,11,14H,4-6,12H2,1-3H3. The lowest BCUT2D eigenvalue weighted by atomic mass is 9.96. The summed E-state index contributed by atoms with van der Waals surface area (Å²) in [5.74, 6) is 6.26. The van der Waals surface area contributed by atoms with Gasteiger partial charge in [0.2, 0.25) is 0 Å². The topological polar surface area (TPSA) is 55.9 Å². The Kier molecular flexibility index (Phi) is 4.78. The second kappa shape index (κ2) is 5.88. The first-order valence-corrected chi connectivity index (χ1v) is 5.59. The number of hydrogen-bond donors (Lipinski definition) is 2. The Labute approximate surface area is 91.8 Å². The Hall–Kier alpha value is -0.870. The molecule has 0 aliphatic heterocycles. The Morgan fingerprint density at radius 2 is 2.33 bits per heavy atom. The van der Waals surface area contributed by atoms with Crippen LogP contribution in [0, 0.1) is 5.92 Å². The van der Waals surface area contributed by atoms with Gasteiger partial charge in [0.05, 0.1) is 6.20 Å². The van der Waals surface area contributed by atoms with Crippen LogP contribution in [0.25, 0.3) is 0 Å². The zero-order valence-corrected chi connectivity index (χ0v) is 9.90.